The fourth-order valence-electron chi connectivity index (χ4n) is 1.98. The molecule has 0 radical (unpaired) electrons. The molecule has 0 saturated carbocycles. The lowest BCUT2D eigenvalue weighted by atomic mass is 10.0. The zero-order chi connectivity index (χ0) is 12.7. The summed E-state index contributed by atoms with van der Waals surface area (Å²) in [5.74, 6) is 0.667. The van der Waals surface area contributed by atoms with Gasteiger partial charge in [0, 0.05) is 11.8 Å². The second kappa shape index (κ2) is 4.26. The summed E-state index contributed by atoms with van der Waals surface area (Å²) in [7, 11) is 0. The summed E-state index contributed by atoms with van der Waals surface area (Å²) < 4.78 is 5.48. The van der Waals surface area contributed by atoms with Gasteiger partial charge in [-0.1, -0.05) is 17.8 Å². The molecule has 0 amide bonds. The highest BCUT2D eigenvalue weighted by Crippen LogP contribution is 2.40. The van der Waals surface area contributed by atoms with Crippen LogP contribution in [0, 0.1) is 6.92 Å². The van der Waals surface area contributed by atoms with E-state index in [2.05, 4.69) is 9.97 Å². The van der Waals surface area contributed by atoms with Crippen molar-refractivity contribution >= 4 is 11.8 Å². The lowest BCUT2D eigenvalue weighted by Gasteiger charge is -2.24. The minimum Gasteiger partial charge on any atom is -0.460 e. The fourth-order valence-corrected chi connectivity index (χ4v) is 2.32. The fraction of sp³-hybridized carbons (Fsp3) is 0.231. The summed E-state index contributed by atoms with van der Waals surface area (Å²) >= 11 is 1.48. The largest absolute Gasteiger partial charge is 0.460 e. The van der Waals surface area contributed by atoms with E-state index in [0.717, 1.165) is 16.8 Å². The molecular formula is C13H12N2O2S. The van der Waals surface area contributed by atoms with Crippen LogP contribution in [0.1, 0.15) is 17.4 Å². The first-order valence-electron chi connectivity index (χ1n) is 5.55. The molecule has 92 valence electrons. The average molecular weight is 260 g/mol. The number of aryl methyl sites for hydroxylation is 1. The van der Waals surface area contributed by atoms with E-state index >= 15 is 0 Å². The maximum Gasteiger partial charge on any atom is 0.227 e. The van der Waals surface area contributed by atoms with Crippen LogP contribution >= 0.6 is 11.8 Å². The Morgan fingerprint density at radius 3 is 3.00 bits per heavy atom. The predicted molar refractivity (Wildman–Crippen MR) is 69.6 cm³/mol. The molecular weight excluding hydrogens is 248 g/mol. The zero-order valence-corrected chi connectivity index (χ0v) is 10.9. The van der Waals surface area contributed by atoms with Gasteiger partial charge in [0.2, 0.25) is 6.29 Å². The van der Waals surface area contributed by atoms with E-state index in [1.807, 2.05) is 31.4 Å². The molecule has 1 aliphatic rings. The normalized spacial score (nSPS) is 16.7. The molecule has 1 unspecified atom stereocenters. The van der Waals surface area contributed by atoms with Gasteiger partial charge in [-0.3, -0.25) is 0 Å². The smallest absolute Gasteiger partial charge is 0.227 e. The highest BCUT2D eigenvalue weighted by Gasteiger charge is 2.26. The first-order valence-corrected chi connectivity index (χ1v) is 6.78. The zero-order valence-electron chi connectivity index (χ0n) is 10.0. The molecule has 3 rings (SSSR count). The van der Waals surface area contributed by atoms with Gasteiger partial charge in [0.25, 0.3) is 0 Å². The molecule has 0 spiro atoms. The van der Waals surface area contributed by atoms with Crippen molar-refractivity contribution in [1.29, 1.82) is 0 Å². The summed E-state index contributed by atoms with van der Waals surface area (Å²) in [5, 5.41) is 10.6. The Labute approximate surface area is 109 Å². The van der Waals surface area contributed by atoms with E-state index in [1.54, 1.807) is 6.20 Å². The number of nitrogens with zero attached hydrogens (tertiary/aromatic N) is 2. The van der Waals surface area contributed by atoms with Crippen molar-refractivity contribution in [2.24, 2.45) is 0 Å². The highest BCUT2D eigenvalue weighted by atomic mass is 32.2. The lowest BCUT2D eigenvalue weighted by Crippen LogP contribution is -2.15. The number of aliphatic hydroxyl groups is 1. The maximum atomic E-state index is 9.95. The summed E-state index contributed by atoms with van der Waals surface area (Å²) in [6.45, 7) is 1.98. The molecule has 5 heteroatoms. The minimum absolute atomic E-state index is 0.615. The molecule has 1 atom stereocenters. The number of hydrogen-bond acceptors (Lipinski definition) is 5. The van der Waals surface area contributed by atoms with Crippen LogP contribution in [0.5, 0.6) is 5.75 Å². The van der Waals surface area contributed by atoms with Gasteiger partial charge >= 0.3 is 0 Å². The number of ether oxygens (including phenoxy) is 1. The van der Waals surface area contributed by atoms with Crippen LogP contribution in [0.3, 0.4) is 0 Å². The third kappa shape index (κ3) is 1.76. The van der Waals surface area contributed by atoms with Gasteiger partial charge in [-0.25, -0.2) is 9.97 Å². The van der Waals surface area contributed by atoms with Crippen molar-refractivity contribution < 1.29 is 9.84 Å². The van der Waals surface area contributed by atoms with Crippen LogP contribution in [0.4, 0.5) is 0 Å². The van der Waals surface area contributed by atoms with Gasteiger partial charge in [-0.2, -0.15) is 0 Å². The minimum atomic E-state index is -0.995. The molecule has 0 bridgehead atoms. The van der Waals surface area contributed by atoms with Crippen LogP contribution < -0.4 is 4.74 Å². The van der Waals surface area contributed by atoms with Crippen LogP contribution in [0.15, 0.2) is 29.6 Å². The topological polar surface area (TPSA) is 55.2 Å². The van der Waals surface area contributed by atoms with Crippen molar-refractivity contribution in [3.05, 3.63) is 35.5 Å². The number of rotatable bonds is 1. The monoisotopic (exact) mass is 260 g/mol. The standard InChI is InChI=1S/C13H12N2O2S/c1-7-3-4-8-10(5-7)17-12(16)9-6-14-13(18-2)15-11(8)9/h3-6,12,16H,1-2H3. The number of hydrogen-bond donors (Lipinski definition) is 1. The molecule has 4 nitrogen and oxygen atoms in total. The van der Waals surface area contributed by atoms with Crippen molar-refractivity contribution in [2.45, 2.75) is 18.4 Å². The Morgan fingerprint density at radius 1 is 1.39 bits per heavy atom. The van der Waals surface area contributed by atoms with Crippen LogP contribution in [-0.4, -0.2) is 21.3 Å². The lowest BCUT2D eigenvalue weighted by molar-refractivity contribution is -0.0220. The van der Waals surface area contributed by atoms with Crippen molar-refractivity contribution in [2.75, 3.05) is 6.26 Å². The average Bonchev–Trinajstić information content (AvgIpc) is 2.38. The Morgan fingerprint density at radius 2 is 2.22 bits per heavy atom. The maximum absolute atomic E-state index is 9.95. The molecule has 1 N–H and O–H groups in total. The third-order valence-electron chi connectivity index (χ3n) is 2.87. The van der Waals surface area contributed by atoms with Crippen LogP contribution in [0.2, 0.25) is 0 Å². The molecule has 1 aromatic heterocycles. The molecule has 1 aliphatic heterocycles. The van der Waals surface area contributed by atoms with Gasteiger partial charge < -0.3 is 9.84 Å². The van der Waals surface area contributed by atoms with Crippen molar-refractivity contribution in [1.82, 2.24) is 9.97 Å². The van der Waals surface area contributed by atoms with Crippen LogP contribution in [-0.2, 0) is 0 Å². The SMILES string of the molecule is CSc1ncc2c(n1)-c1ccc(C)cc1OC2O. The second-order valence-corrected chi connectivity index (χ2v) is 4.90. The summed E-state index contributed by atoms with van der Waals surface area (Å²) in [4.78, 5) is 8.63. The van der Waals surface area contributed by atoms with Crippen molar-refractivity contribution in [3.63, 3.8) is 0 Å². The Bertz CT molecular complexity index is 616. The van der Waals surface area contributed by atoms with Crippen molar-refractivity contribution in [3.8, 4) is 17.0 Å². The van der Waals surface area contributed by atoms with Gasteiger partial charge in [-0.15, -0.1) is 0 Å². The Hall–Kier alpha value is -1.59. The van der Waals surface area contributed by atoms with E-state index in [4.69, 9.17) is 4.74 Å². The predicted octanol–water partition coefficient (Wildman–Crippen LogP) is 2.56. The van der Waals surface area contributed by atoms with Gasteiger partial charge in [0.1, 0.15) is 5.75 Å². The number of benzene rings is 1. The van der Waals surface area contributed by atoms with E-state index in [1.165, 1.54) is 11.8 Å². The van der Waals surface area contributed by atoms with Gasteiger partial charge in [0.15, 0.2) is 5.16 Å². The molecule has 18 heavy (non-hydrogen) atoms. The molecule has 1 aromatic carbocycles. The van der Waals surface area contributed by atoms with Gasteiger partial charge in [-0.05, 0) is 30.9 Å². The number of aliphatic hydroxyl groups excluding tert-OH is 1. The summed E-state index contributed by atoms with van der Waals surface area (Å²) in [6, 6.07) is 5.87. The first kappa shape index (κ1) is 11.5. The molecule has 0 saturated heterocycles. The third-order valence-corrected chi connectivity index (χ3v) is 3.44. The van der Waals surface area contributed by atoms with E-state index in [9.17, 15) is 5.11 Å². The van der Waals surface area contributed by atoms with E-state index in [-0.39, 0.29) is 0 Å². The molecule has 0 fully saturated rings. The quantitative estimate of drug-likeness (QED) is 0.631. The Balaban J connectivity index is 2.24. The second-order valence-electron chi connectivity index (χ2n) is 4.13. The number of fused-ring (bicyclic) bond motifs is 3. The van der Waals surface area contributed by atoms with E-state index in [0.29, 0.717) is 16.5 Å². The molecule has 2 heterocycles. The summed E-state index contributed by atoms with van der Waals surface area (Å²) in [5.41, 5.74) is 3.36. The van der Waals surface area contributed by atoms with Gasteiger partial charge in [0.05, 0.1) is 11.3 Å². The number of aromatic nitrogens is 2. The Kier molecular flexibility index (Phi) is 2.72. The highest BCUT2D eigenvalue weighted by molar-refractivity contribution is 7.98. The summed E-state index contributed by atoms with van der Waals surface area (Å²) in [6.07, 6.45) is 2.56. The van der Waals surface area contributed by atoms with Crippen LogP contribution in [0.25, 0.3) is 11.3 Å². The molecule has 0 aliphatic carbocycles. The van der Waals surface area contributed by atoms with E-state index < -0.39 is 6.29 Å². The molecule has 2 aromatic rings. The first-order chi connectivity index (χ1) is 8.69. The number of thioether (sulfide) groups is 1.